The Morgan fingerprint density at radius 1 is 1.14 bits per heavy atom. The number of aliphatic hydroxyl groups excluding tert-OH is 3. The van der Waals surface area contributed by atoms with Gasteiger partial charge in [-0.15, -0.1) is 11.3 Å². The number of imidazole rings is 1. The summed E-state index contributed by atoms with van der Waals surface area (Å²) in [5.74, 6) is 0.511. The maximum absolute atomic E-state index is 10.5. The molecule has 10 nitrogen and oxygen atoms in total. The van der Waals surface area contributed by atoms with Gasteiger partial charge in [-0.25, -0.2) is 9.97 Å². The normalized spacial score (nSPS) is 28.8. The number of aliphatic hydroxyl groups is 3. The van der Waals surface area contributed by atoms with Gasteiger partial charge in [-0.3, -0.25) is 4.57 Å². The number of thiazole rings is 1. The van der Waals surface area contributed by atoms with Crippen molar-refractivity contribution < 1.29 is 20.1 Å². The number of nitrogens with zero attached hydrogens (tertiary/aromatic N) is 5. The maximum Gasteiger partial charge on any atom is 0.226 e. The molecule has 0 radical (unpaired) electrons. The highest BCUT2D eigenvalue weighted by atomic mass is 35.5. The van der Waals surface area contributed by atoms with Crippen molar-refractivity contribution in [3.63, 3.8) is 0 Å². The fourth-order valence-corrected chi connectivity index (χ4v) is 7.65. The highest BCUT2D eigenvalue weighted by Crippen LogP contribution is 2.39. The van der Waals surface area contributed by atoms with Crippen LogP contribution in [0.2, 0.25) is 5.28 Å². The Labute approximate surface area is 219 Å². The number of thioether (sulfide) groups is 1. The zero-order valence-electron chi connectivity index (χ0n) is 19.1. The molecular weight excluding hydrogens is 524 g/mol. The molecule has 2 aliphatic rings. The molecule has 3 aromatic heterocycles. The second kappa shape index (κ2) is 10.0. The third-order valence-corrected chi connectivity index (χ3v) is 9.44. The van der Waals surface area contributed by atoms with Crippen LogP contribution in [0.4, 0.5) is 5.82 Å². The van der Waals surface area contributed by atoms with Crippen LogP contribution < -0.4 is 5.32 Å². The molecule has 2 fully saturated rings. The maximum atomic E-state index is 10.5. The first-order valence-electron chi connectivity index (χ1n) is 11.8. The van der Waals surface area contributed by atoms with E-state index in [1.165, 1.54) is 15.6 Å². The number of halogens is 1. The summed E-state index contributed by atoms with van der Waals surface area (Å²) in [5, 5.41) is 34.0. The van der Waals surface area contributed by atoms with Crippen molar-refractivity contribution in [3.8, 4) is 0 Å². The van der Waals surface area contributed by atoms with Crippen LogP contribution in [-0.4, -0.2) is 76.0 Å². The van der Waals surface area contributed by atoms with Gasteiger partial charge in [0.1, 0.15) is 18.3 Å². The standard InChI is InChI=1S/C23H25ClN6O4S2/c24-22-28-19(16-20(29-22)30(10-25-16)21-18(33)17(32)13(9-31)34-21)26-11-5-1-3-7-14(11)35-23-27-12-6-2-4-8-15(12)36-23/h2,4,6,8,10-11,13-14,17-18,21,31-33H,1,3,5,7,9H2,(H,26,28,29)/t11-,13+,14-,17+,18+,21+/m0/s1. The molecule has 1 saturated heterocycles. The number of rotatable bonds is 6. The smallest absolute Gasteiger partial charge is 0.226 e. The number of aromatic nitrogens is 5. The minimum absolute atomic E-state index is 0.0321. The highest BCUT2D eigenvalue weighted by Gasteiger charge is 2.44. The average Bonchev–Trinajstić information content (AvgIpc) is 3.56. The SMILES string of the molecule is OC[C@H]1O[C@@H](n2cnc3c(N[C@H]4CCCC[C@@H]4Sc4nc5ccccc5s4)nc(Cl)nc32)[C@H](O)[C@@H]1O. The topological polar surface area (TPSA) is 138 Å². The van der Waals surface area contributed by atoms with Gasteiger partial charge in [0, 0.05) is 11.3 Å². The van der Waals surface area contributed by atoms with Gasteiger partial charge in [0.05, 0.1) is 23.2 Å². The zero-order valence-corrected chi connectivity index (χ0v) is 21.5. The van der Waals surface area contributed by atoms with Crippen LogP contribution in [-0.2, 0) is 4.74 Å². The summed E-state index contributed by atoms with van der Waals surface area (Å²) in [6.07, 6.45) is 1.42. The Bertz CT molecular complexity index is 1350. The van der Waals surface area contributed by atoms with Gasteiger partial charge in [-0.1, -0.05) is 36.7 Å². The minimum Gasteiger partial charge on any atom is -0.394 e. The number of hydrogen-bond acceptors (Lipinski definition) is 11. The summed E-state index contributed by atoms with van der Waals surface area (Å²) in [6, 6.07) is 8.30. The summed E-state index contributed by atoms with van der Waals surface area (Å²) >= 11 is 9.80. The van der Waals surface area contributed by atoms with E-state index in [1.54, 1.807) is 23.1 Å². The summed E-state index contributed by atoms with van der Waals surface area (Å²) in [7, 11) is 0. The number of fused-ring (bicyclic) bond motifs is 2. The molecule has 6 atom stereocenters. The van der Waals surface area contributed by atoms with Crippen molar-refractivity contribution >= 4 is 61.9 Å². The third-order valence-electron chi connectivity index (χ3n) is 6.74. The molecule has 0 spiro atoms. The molecule has 1 aliphatic carbocycles. The van der Waals surface area contributed by atoms with Crippen molar-refractivity contribution in [1.29, 1.82) is 0 Å². The Kier molecular flexibility index (Phi) is 6.75. The Morgan fingerprint density at radius 2 is 1.97 bits per heavy atom. The van der Waals surface area contributed by atoms with Crippen LogP contribution in [0.5, 0.6) is 0 Å². The van der Waals surface area contributed by atoms with Crippen LogP contribution in [0.3, 0.4) is 0 Å². The molecule has 0 bridgehead atoms. The van der Waals surface area contributed by atoms with Gasteiger partial charge in [0.15, 0.2) is 27.5 Å². The molecule has 4 N–H and O–H groups in total. The molecule has 36 heavy (non-hydrogen) atoms. The largest absolute Gasteiger partial charge is 0.394 e. The molecule has 1 saturated carbocycles. The van der Waals surface area contributed by atoms with Gasteiger partial charge in [-0.2, -0.15) is 9.97 Å². The van der Waals surface area contributed by atoms with Crippen molar-refractivity contribution in [2.75, 3.05) is 11.9 Å². The molecular formula is C23H25ClN6O4S2. The van der Waals surface area contributed by atoms with Gasteiger partial charge < -0.3 is 25.4 Å². The lowest BCUT2D eigenvalue weighted by molar-refractivity contribution is -0.0511. The van der Waals surface area contributed by atoms with E-state index in [-0.39, 0.29) is 11.3 Å². The van der Waals surface area contributed by atoms with E-state index in [4.69, 9.17) is 21.3 Å². The lowest BCUT2D eigenvalue weighted by atomic mass is 9.95. The first kappa shape index (κ1) is 24.3. The Balaban J connectivity index is 1.27. The van der Waals surface area contributed by atoms with E-state index in [1.807, 2.05) is 18.2 Å². The zero-order chi connectivity index (χ0) is 24.8. The first-order valence-corrected chi connectivity index (χ1v) is 13.9. The Morgan fingerprint density at radius 3 is 2.78 bits per heavy atom. The van der Waals surface area contributed by atoms with Crippen LogP contribution in [0.25, 0.3) is 21.4 Å². The van der Waals surface area contributed by atoms with E-state index < -0.39 is 31.1 Å². The first-order chi connectivity index (χ1) is 17.5. The monoisotopic (exact) mass is 548 g/mol. The molecule has 13 heteroatoms. The number of para-hydroxylation sites is 1. The number of hydrogen-bond donors (Lipinski definition) is 4. The predicted molar refractivity (Wildman–Crippen MR) is 138 cm³/mol. The van der Waals surface area contributed by atoms with Crippen LogP contribution in [0, 0.1) is 0 Å². The summed E-state index contributed by atoms with van der Waals surface area (Å²) in [6.45, 7) is -0.417. The summed E-state index contributed by atoms with van der Waals surface area (Å²) in [4.78, 5) is 18.0. The second-order valence-corrected chi connectivity index (χ2v) is 11.9. The lowest BCUT2D eigenvalue weighted by Crippen LogP contribution is -2.34. The van der Waals surface area contributed by atoms with Crippen molar-refractivity contribution in [1.82, 2.24) is 24.5 Å². The van der Waals surface area contributed by atoms with E-state index in [9.17, 15) is 15.3 Å². The molecule has 190 valence electrons. The van der Waals surface area contributed by atoms with Gasteiger partial charge in [-0.05, 0) is 36.6 Å². The van der Waals surface area contributed by atoms with Crippen LogP contribution >= 0.6 is 34.7 Å². The molecule has 0 unspecified atom stereocenters. The van der Waals surface area contributed by atoms with Gasteiger partial charge in [0.25, 0.3) is 0 Å². The average molecular weight is 549 g/mol. The van der Waals surface area contributed by atoms with Gasteiger partial charge in [0.2, 0.25) is 5.28 Å². The van der Waals surface area contributed by atoms with E-state index in [0.717, 1.165) is 35.5 Å². The number of anilines is 1. The minimum atomic E-state index is -1.25. The van der Waals surface area contributed by atoms with E-state index >= 15 is 0 Å². The Hall–Kier alpha value is -2.06. The number of benzene rings is 1. The molecule has 1 aliphatic heterocycles. The second-order valence-electron chi connectivity index (χ2n) is 9.03. The molecule has 1 aromatic carbocycles. The lowest BCUT2D eigenvalue weighted by Gasteiger charge is -2.31. The summed E-state index contributed by atoms with van der Waals surface area (Å²) in [5.41, 5.74) is 1.88. The third kappa shape index (κ3) is 4.44. The fraction of sp³-hybridized carbons (Fsp3) is 0.478. The van der Waals surface area contributed by atoms with E-state index in [2.05, 4.69) is 26.3 Å². The fourth-order valence-electron chi connectivity index (χ4n) is 4.90. The quantitative estimate of drug-likeness (QED) is 0.266. The van der Waals surface area contributed by atoms with Crippen molar-refractivity contribution in [2.45, 2.75) is 65.9 Å². The molecule has 4 aromatic rings. The van der Waals surface area contributed by atoms with Crippen molar-refractivity contribution in [2.24, 2.45) is 0 Å². The predicted octanol–water partition coefficient (Wildman–Crippen LogP) is 3.22. The number of ether oxygens (including phenoxy) is 1. The molecule has 4 heterocycles. The van der Waals surface area contributed by atoms with E-state index in [0.29, 0.717) is 22.2 Å². The summed E-state index contributed by atoms with van der Waals surface area (Å²) < 4.78 is 9.42. The molecule has 6 rings (SSSR count). The number of nitrogens with one attached hydrogen (secondary N) is 1. The van der Waals surface area contributed by atoms with Crippen LogP contribution in [0.1, 0.15) is 31.9 Å². The highest BCUT2D eigenvalue weighted by molar-refractivity contribution is 8.01. The van der Waals surface area contributed by atoms with Crippen molar-refractivity contribution in [3.05, 3.63) is 35.9 Å². The van der Waals surface area contributed by atoms with Crippen LogP contribution in [0.15, 0.2) is 34.9 Å². The molecule has 0 amide bonds. The van der Waals surface area contributed by atoms with Gasteiger partial charge >= 0.3 is 0 Å².